The fraction of sp³-hybridized carbons (Fsp3) is 0.200. The Morgan fingerprint density at radius 2 is 2.00 bits per heavy atom. The van der Waals surface area contributed by atoms with E-state index in [0.29, 0.717) is 0 Å². The second kappa shape index (κ2) is 5.97. The lowest BCUT2D eigenvalue weighted by Crippen LogP contribution is -2.17. The maximum absolute atomic E-state index is 6.05. The molecule has 0 aliphatic carbocycles. The molecule has 0 heterocycles. The third kappa shape index (κ3) is 3.41. The van der Waals surface area contributed by atoms with Crippen LogP contribution in [-0.4, -0.2) is 14.2 Å². The molecule has 100 valence electrons. The highest BCUT2D eigenvalue weighted by Gasteiger charge is 2.07. The zero-order chi connectivity index (χ0) is 13.8. The molecular formula is C15H17BrN2O. The Hall–Kier alpha value is -1.68. The average Bonchev–Trinajstić information content (AvgIpc) is 2.38. The third-order valence-electron chi connectivity index (χ3n) is 2.95. The first-order valence-corrected chi connectivity index (χ1v) is 6.78. The molecule has 3 nitrogen and oxygen atoms in total. The van der Waals surface area contributed by atoms with E-state index in [0.717, 1.165) is 28.1 Å². The second-order valence-corrected chi connectivity index (χ2v) is 5.33. The monoisotopic (exact) mass is 320 g/mol. The average molecular weight is 321 g/mol. The molecule has 19 heavy (non-hydrogen) atoms. The molecule has 0 saturated carbocycles. The summed E-state index contributed by atoms with van der Waals surface area (Å²) in [6.45, 7) is 0.802. The first-order valence-electron chi connectivity index (χ1n) is 5.99. The van der Waals surface area contributed by atoms with Gasteiger partial charge < -0.3 is 15.4 Å². The predicted octanol–water partition coefficient (Wildman–Crippen LogP) is 3.68. The van der Waals surface area contributed by atoms with Gasteiger partial charge in [0.1, 0.15) is 5.75 Å². The fourth-order valence-corrected chi connectivity index (χ4v) is 2.45. The number of nitrogens with zero attached hydrogens (tertiary/aromatic N) is 1. The number of rotatable bonds is 4. The summed E-state index contributed by atoms with van der Waals surface area (Å²) < 4.78 is 6.24. The molecule has 0 unspecified atom stereocenters. The Labute approximate surface area is 122 Å². The van der Waals surface area contributed by atoms with Crippen molar-refractivity contribution in [3.05, 3.63) is 52.5 Å². The van der Waals surface area contributed by atoms with Crippen LogP contribution in [0.3, 0.4) is 0 Å². The molecule has 2 N–H and O–H groups in total. The lowest BCUT2D eigenvalue weighted by atomic mass is 10.2. The summed E-state index contributed by atoms with van der Waals surface area (Å²) in [5.74, 6) is 0.775. The van der Waals surface area contributed by atoms with Crippen molar-refractivity contribution in [3.63, 3.8) is 0 Å². The molecule has 0 aromatic heterocycles. The van der Waals surface area contributed by atoms with Gasteiger partial charge in [-0.2, -0.15) is 0 Å². The van der Waals surface area contributed by atoms with Crippen molar-refractivity contribution in [2.24, 2.45) is 0 Å². The zero-order valence-electron chi connectivity index (χ0n) is 11.1. The highest BCUT2D eigenvalue weighted by atomic mass is 79.9. The Morgan fingerprint density at radius 1 is 1.21 bits per heavy atom. The summed E-state index contributed by atoms with van der Waals surface area (Å²) in [6, 6.07) is 14.0. The van der Waals surface area contributed by atoms with E-state index < -0.39 is 0 Å². The molecular weight excluding hydrogens is 304 g/mol. The van der Waals surface area contributed by atoms with Crippen molar-refractivity contribution in [2.45, 2.75) is 6.54 Å². The number of ether oxygens (including phenoxy) is 1. The van der Waals surface area contributed by atoms with Crippen molar-refractivity contribution in [1.29, 1.82) is 0 Å². The summed E-state index contributed by atoms with van der Waals surface area (Å²) in [4.78, 5) is 2.12. The number of hydrogen-bond donors (Lipinski definition) is 1. The van der Waals surface area contributed by atoms with Crippen molar-refractivity contribution in [3.8, 4) is 5.75 Å². The first-order chi connectivity index (χ1) is 9.10. The van der Waals surface area contributed by atoms with Gasteiger partial charge in [0.25, 0.3) is 0 Å². The predicted molar refractivity (Wildman–Crippen MR) is 83.7 cm³/mol. The molecule has 0 radical (unpaired) electrons. The van der Waals surface area contributed by atoms with Gasteiger partial charge in [0.15, 0.2) is 0 Å². The van der Waals surface area contributed by atoms with Crippen molar-refractivity contribution < 1.29 is 4.74 Å². The number of hydrogen-bond acceptors (Lipinski definition) is 3. The quantitative estimate of drug-likeness (QED) is 0.873. The Morgan fingerprint density at radius 3 is 2.63 bits per heavy atom. The van der Waals surface area contributed by atoms with Crippen LogP contribution in [-0.2, 0) is 6.54 Å². The molecule has 0 amide bonds. The fourth-order valence-electron chi connectivity index (χ4n) is 2.00. The van der Waals surface area contributed by atoms with E-state index in [1.807, 2.05) is 37.4 Å². The second-order valence-electron chi connectivity index (χ2n) is 4.41. The van der Waals surface area contributed by atoms with Crippen LogP contribution < -0.4 is 15.4 Å². The summed E-state index contributed by atoms with van der Waals surface area (Å²) in [6.07, 6.45) is 0. The molecule has 2 rings (SSSR count). The normalized spacial score (nSPS) is 10.3. The SMILES string of the molecule is COc1ccc(N(C)Cc2cccc(Br)c2)c(N)c1. The molecule has 0 saturated heterocycles. The molecule has 0 aliphatic heterocycles. The molecule has 2 aromatic carbocycles. The van der Waals surface area contributed by atoms with E-state index in [1.165, 1.54) is 5.56 Å². The van der Waals surface area contributed by atoms with E-state index in [1.54, 1.807) is 7.11 Å². The standard InChI is InChI=1S/C15H17BrN2O/c1-18(10-11-4-3-5-12(16)8-11)15-7-6-13(19-2)9-14(15)17/h3-9H,10,17H2,1-2H3. The first kappa shape index (κ1) is 13.7. The van der Waals surface area contributed by atoms with Crippen LogP contribution in [0, 0.1) is 0 Å². The molecule has 4 heteroatoms. The van der Waals surface area contributed by atoms with E-state index in [4.69, 9.17) is 10.5 Å². The van der Waals surface area contributed by atoms with Crippen LogP contribution in [0.15, 0.2) is 46.9 Å². The van der Waals surface area contributed by atoms with Gasteiger partial charge in [0, 0.05) is 24.1 Å². The van der Waals surface area contributed by atoms with Crippen LogP contribution in [0.1, 0.15) is 5.56 Å². The number of halogens is 1. The Bertz CT molecular complexity index is 572. The molecule has 0 aliphatic rings. The summed E-state index contributed by atoms with van der Waals surface area (Å²) in [5.41, 5.74) is 9.00. The molecule has 0 bridgehead atoms. The topological polar surface area (TPSA) is 38.5 Å². The van der Waals surface area contributed by atoms with Crippen LogP contribution >= 0.6 is 15.9 Å². The minimum Gasteiger partial charge on any atom is -0.497 e. The minimum absolute atomic E-state index is 0.719. The van der Waals surface area contributed by atoms with Crippen molar-refractivity contribution in [2.75, 3.05) is 24.8 Å². The molecule has 0 fully saturated rings. The maximum atomic E-state index is 6.05. The van der Waals surface area contributed by atoms with Gasteiger partial charge in [-0.3, -0.25) is 0 Å². The summed E-state index contributed by atoms with van der Waals surface area (Å²) in [7, 11) is 3.67. The summed E-state index contributed by atoms with van der Waals surface area (Å²) >= 11 is 3.48. The molecule has 0 spiro atoms. The van der Waals surface area contributed by atoms with E-state index >= 15 is 0 Å². The summed E-state index contributed by atoms with van der Waals surface area (Å²) in [5, 5.41) is 0. The molecule has 2 aromatic rings. The minimum atomic E-state index is 0.719. The van der Waals surface area contributed by atoms with Crippen LogP contribution in [0.5, 0.6) is 5.75 Å². The number of nitrogen functional groups attached to an aromatic ring is 1. The van der Waals surface area contributed by atoms with Crippen LogP contribution in [0.25, 0.3) is 0 Å². The van der Waals surface area contributed by atoms with Crippen molar-refractivity contribution >= 4 is 27.3 Å². The van der Waals surface area contributed by atoms with Gasteiger partial charge in [0.2, 0.25) is 0 Å². The zero-order valence-corrected chi connectivity index (χ0v) is 12.6. The lowest BCUT2D eigenvalue weighted by molar-refractivity contribution is 0.415. The van der Waals surface area contributed by atoms with Gasteiger partial charge in [-0.15, -0.1) is 0 Å². The van der Waals surface area contributed by atoms with E-state index in [9.17, 15) is 0 Å². The highest BCUT2D eigenvalue weighted by Crippen LogP contribution is 2.28. The van der Waals surface area contributed by atoms with Crippen LogP contribution in [0.4, 0.5) is 11.4 Å². The van der Waals surface area contributed by atoms with Gasteiger partial charge in [-0.05, 0) is 29.8 Å². The van der Waals surface area contributed by atoms with E-state index in [2.05, 4.69) is 33.0 Å². The number of nitrogens with two attached hydrogens (primary N) is 1. The Balaban J connectivity index is 2.18. The lowest BCUT2D eigenvalue weighted by Gasteiger charge is -2.21. The van der Waals surface area contributed by atoms with Crippen molar-refractivity contribution in [1.82, 2.24) is 0 Å². The van der Waals surface area contributed by atoms with Gasteiger partial charge >= 0.3 is 0 Å². The number of benzene rings is 2. The van der Waals surface area contributed by atoms with Gasteiger partial charge in [-0.25, -0.2) is 0 Å². The largest absolute Gasteiger partial charge is 0.497 e. The number of anilines is 2. The van der Waals surface area contributed by atoms with Crippen LogP contribution in [0.2, 0.25) is 0 Å². The number of methoxy groups -OCH3 is 1. The third-order valence-corrected chi connectivity index (χ3v) is 3.45. The maximum Gasteiger partial charge on any atom is 0.121 e. The highest BCUT2D eigenvalue weighted by molar-refractivity contribution is 9.10. The van der Waals surface area contributed by atoms with Gasteiger partial charge in [-0.1, -0.05) is 28.1 Å². The molecule has 0 atom stereocenters. The Kier molecular flexibility index (Phi) is 4.32. The smallest absolute Gasteiger partial charge is 0.121 e. The van der Waals surface area contributed by atoms with E-state index in [-0.39, 0.29) is 0 Å². The van der Waals surface area contributed by atoms with Gasteiger partial charge in [0.05, 0.1) is 18.5 Å².